The minimum atomic E-state index is -0.412. The van der Waals surface area contributed by atoms with Gasteiger partial charge in [0.2, 0.25) is 0 Å². The van der Waals surface area contributed by atoms with Crippen molar-refractivity contribution in [2.45, 2.75) is 52.7 Å². The summed E-state index contributed by atoms with van der Waals surface area (Å²) < 4.78 is 5.38. The molecule has 4 nitrogen and oxygen atoms in total. The van der Waals surface area contributed by atoms with Gasteiger partial charge in [-0.3, -0.25) is 0 Å². The van der Waals surface area contributed by atoms with Gasteiger partial charge in [-0.15, -0.1) is 0 Å². The van der Waals surface area contributed by atoms with E-state index in [0.717, 1.165) is 26.1 Å². The van der Waals surface area contributed by atoms with Crippen LogP contribution in [0.5, 0.6) is 0 Å². The molecule has 1 saturated heterocycles. The monoisotopic (exact) mass is 241 g/mol. The predicted molar refractivity (Wildman–Crippen MR) is 68.8 cm³/mol. The number of nitrogens with zero attached hydrogens (tertiary/aromatic N) is 1. The molecule has 0 spiro atoms. The zero-order valence-corrected chi connectivity index (χ0v) is 11.7. The maximum absolute atomic E-state index is 11.9. The van der Waals surface area contributed by atoms with Crippen LogP contribution in [0.2, 0.25) is 0 Å². The molecule has 1 atom stereocenters. The molecule has 0 bridgehead atoms. The summed E-state index contributed by atoms with van der Waals surface area (Å²) in [6, 6.07) is 0.362. The van der Waals surface area contributed by atoms with Crippen molar-refractivity contribution in [1.82, 2.24) is 10.2 Å². The largest absolute Gasteiger partial charge is 0.444 e. The number of piperazine rings is 1. The van der Waals surface area contributed by atoms with Crippen LogP contribution in [-0.2, 0) is 4.74 Å². The van der Waals surface area contributed by atoms with Crippen molar-refractivity contribution in [3.8, 4) is 0 Å². The van der Waals surface area contributed by atoms with Crippen LogP contribution >= 0.6 is 0 Å². The summed E-state index contributed by atoms with van der Waals surface area (Å²) in [6.45, 7) is 12.2. The van der Waals surface area contributed by atoms with Gasteiger partial charge in [-0.1, -0.05) is 13.8 Å². The van der Waals surface area contributed by atoms with Crippen molar-refractivity contribution < 1.29 is 9.53 Å². The van der Waals surface area contributed by atoms with Crippen molar-refractivity contribution in [1.29, 1.82) is 0 Å². The second kappa shape index (κ2) is 5.71. The molecule has 1 rings (SSSR count). The van der Waals surface area contributed by atoms with Gasteiger partial charge in [-0.2, -0.15) is 0 Å². The average molecular weight is 241 g/mol. The number of carbonyl (C=O) groups excluding carboxylic acids is 1. The summed E-state index contributed by atoms with van der Waals surface area (Å²) in [7, 11) is 0. The molecular weight excluding hydrogens is 216 g/mol. The minimum Gasteiger partial charge on any atom is -0.444 e. The number of carbonyl (C=O) groups is 1. The van der Waals surface area contributed by atoms with E-state index in [9.17, 15) is 4.79 Å². The molecule has 1 aliphatic heterocycles. The van der Waals surface area contributed by atoms with E-state index < -0.39 is 5.60 Å². The van der Waals surface area contributed by atoms with Crippen LogP contribution in [0.1, 0.15) is 41.0 Å². The molecule has 1 radical (unpaired) electrons. The molecule has 0 aromatic carbocycles. The quantitative estimate of drug-likeness (QED) is 0.806. The molecule has 1 N–H and O–H groups in total. The van der Waals surface area contributed by atoms with E-state index in [4.69, 9.17) is 4.74 Å². The lowest BCUT2D eigenvalue weighted by Gasteiger charge is -2.35. The summed E-state index contributed by atoms with van der Waals surface area (Å²) in [4.78, 5) is 13.7. The highest BCUT2D eigenvalue weighted by atomic mass is 16.6. The van der Waals surface area contributed by atoms with E-state index in [-0.39, 0.29) is 6.09 Å². The number of nitrogens with one attached hydrogen (secondary N) is 1. The number of ether oxygens (including phenoxy) is 1. The first-order valence-corrected chi connectivity index (χ1v) is 6.28. The fraction of sp³-hybridized carbons (Fsp3) is 0.846. The van der Waals surface area contributed by atoms with E-state index in [2.05, 4.69) is 19.2 Å². The van der Waals surface area contributed by atoms with Gasteiger partial charge in [0.1, 0.15) is 5.60 Å². The second-order valence-corrected chi connectivity index (χ2v) is 5.99. The Labute approximate surface area is 105 Å². The highest BCUT2D eigenvalue weighted by molar-refractivity contribution is 5.68. The first-order valence-electron chi connectivity index (χ1n) is 6.28. The van der Waals surface area contributed by atoms with E-state index >= 15 is 0 Å². The number of amides is 1. The Morgan fingerprint density at radius 3 is 2.59 bits per heavy atom. The van der Waals surface area contributed by atoms with Gasteiger partial charge < -0.3 is 15.0 Å². The highest BCUT2D eigenvalue weighted by Gasteiger charge is 2.27. The summed E-state index contributed by atoms with van der Waals surface area (Å²) >= 11 is 0. The number of rotatable bonds is 2. The lowest BCUT2D eigenvalue weighted by Crippen LogP contribution is -2.53. The molecule has 0 aliphatic carbocycles. The Balaban J connectivity index is 2.46. The van der Waals surface area contributed by atoms with Crippen LogP contribution < -0.4 is 5.32 Å². The maximum Gasteiger partial charge on any atom is 0.410 e. The van der Waals surface area contributed by atoms with Crippen LogP contribution in [0.15, 0.2) is 0 Å². The van der Waals surface area contributed by atoms with Crippen molar-refractivity contribution in [2.24, 2.45) is 0 Å². The first kappa shape index (κ1) is 14.3. The van der Waals surface area contributed by atoms with E-state index in [0.29, 0.717) is 6.04 Å². The maximum atomic E-state index is 11.9. The normalized spacial score (nSPS) is 21.8. The second-order valence-electron chi connectivity index (χ2n) is 5.99. The minimum absolute atomic E-state index is 0.197. The molecule has 0 saturated carbocycles. The fourth-order valence-electron chi connectivity index (χ4n) is 1.95. The summed E-state index contributed by atoms with van der Waals surface area (Å²) in [6.07, 6.45) is 0.817. The van der Waals surface area contributed by atoms with Gasteiger partial charge in [0.25, 0.3) is 0 Å². The third-order valence-corrected chi connectivity index (χ3v) is 2.56. The summed E-state index contributed by atoms with van der Waals surface area (Å²) in [5.74, 6) is 1.38. The fourth-order valence-corrected chi connectivity index (χ4v) is 1.95. The smallest absolute Gasteiger partial charge is 0.410 e. The average Bonchev–Trinajstić information content (AvgIpc) is 2.14. The van der Waals surface area contributed by atoms with Gasteiger partial charge in [0.15, 0.2) is 0 Å². The predicted octanol–water partition coefficient (Wildman–Crippen LogP) is 2.20. The van der Waals surface area contributed by atoms with Gasteiger partial charge in [-0.25, -0.2) is 4.79 Å². The van der Waals surface area contributed by atoms with E-state index in [1.54, 1.807) is 4.90 Å². The van der Waals surface area contributed by atoms with Crippen molar-refractivity contribution in [2.75, 3.05) is 19.6 Å². The molecule has 1 amide bonds. The van der Waals surface area contributed by atoms with E-state index in [1.807, 2.05) is 20.8 Å². The van der Waals surface area contributed by atoms with Gasteiger partial charge in [0, 0.05) is 25.7 Å². The van der Waals surface area contributed by atoms with Crippen LogP contribution in [0.25, 0.3) is 0 Å². The van der Waals surface area contributed by atoms with Crippen LogP contribution in [0.4, 0.5) is 4.79 Å². The lowest BCUT2D eigenvalue weighted by molar-refractivity contribution is 0.0194. The lowest BCUT2D eigenvalue weighted by atomic mass is 10.0. The van der Waals surface area contributed by atoms with Crippen molar-refractivity contribution in [3.05, 3.63) is 5.92 Å². The Kier molecular flexibility index (Phi) is 4.80. The Morgan fingerprint density at radius 1 is 1.41 bits per heavy atom. The molecule has 1 heterocycles. The topological polar surface area (TPSA) is 41.6 Å². The Morgan fingerprint density at radius 2 is 2.06 bits per heavy atom. The highest BCUT2D eigenvalue weighted by Crippen LogP contribution is 2.14. The molecule has 1 unspecified atom stereocenters. The molecule has 17 heavy (non-hydrogen) atoms. The molecule has 0 aromatic rings. The third kappa shape index (κ3) is 5.39. The van der Waals surface area contributed by atoms with Crippen LogP contribution in [-0.4, -0.2) is 42.3 Å². The first-order chi connectivity index (χ1) is 7.78. The molecule has 1 aliphatic rings. The van der Waals surface area contributed by atoms with Gasteiger partial charge >= 0.3 is 6.09 Å². The zero-order chi connectivity index (χ0) is 13.1. The Hall–Kier alpha value is -0.770. The van der Waals surface area contributed by atoms with Crippen LogP contribution in [0.3, 0.4) is 0 Å². The molecular formula is C13H25N2O2. The van der Waals surface area contributed by atoms with Gasteiger partial charge in [-0.05, 0) is 33.1 Å². The van der Waals surface area contributed by atoms with Crippen LogP contribution in [0, 0.1) is 5.92 Å². The summed E-state index contributed by atoms with van der Waals surface area (Å²) in [5.41, 5.74) is -0.412. The van der Waals surface area contributed by atoms with Gasteiger partial charge in [0.05, 0.1) is 0 Å². The molecule has 4 heteroatoms. The third-order valence-electron chi connectivity index (χ3n) is 2.56. The summed E-state index contributed by atoms with van der Waals surface area (Å²) in [5, 5.41) is 3.43. The Bertz CT molecular complexity index is 259. The van der Waals surface area contributed by atoms with E-state index in [1.165, 1.54) is 5.92 Å². The number of hydrogen-bond donors (Lipinski definition) is 1. The zero-order valence-electron chi connectivity index (χ0n) is 11.7. The van der Waals surface area contributed by atoms with Crippen molar-refractivity contribution >= 4 is 6.09 Å². The SMILES string of the molecule is C[C](C)CC1CN(C(=O)OC(C)(C)C)CCN1. The molecule has 1 fully saturated rings. The van der Waals surface area contributed by atoms with Crippen molar-refractivity contribution in [3.63, 3.8) is 0 Å². The number of hydrogen-bond acceptors (Lipinski definition) is 3. The molecule has 0 aromatic heterocycles. The molecule has 99 valence electrons. The standard InChI is InChI=1S/C13H25N2O2/c1-10(2)8-11-9-15(7-6-14-11)12(16)17-13(3,4)5/h11,14H,6-9H2,1-5H3.